The van der Waals surface area contributed by atoms with E-state index in [0.29, 0.717) is 5.82 Å². The van der Waals surface area contributed by atoms with Crippen molar-refractivity contribution in [3.8, 4) is 11.3 Å². The molecule has 0 amide bonds. The third-order valence-corrected chi connectivity index (χ3v) is 4.51. The molecule has 0 radical (unpaired) electrons. The van der Waals surface area contributed by atoms with Crippen LogP contribution in [0, 0.1) is 11.8 Å². The molecule has 1 aliphatic carbocycles. The first kappa shape index (κ1) is 13.2. The topological polar surface area (TPSA) is 56.7 Å². The average Bonchev–Trinajstić information content (AvgIpc) is 2.90. The fourth-order valence-corrected chi connectivity index (χ4v) is 3.23. The molecular weight excluding hydrogens is 248 g/mol. The van der Waals surface area contributed by atoms with Crippen LogP contribution in [0.5, 0.6) is 0 Å². The van der Waals surface area contributed by atoms with E-state index in [9.17, 15) is 0 Å². The predicted octanol–water partition coefficient (Wildman–Crippen LogP) is 3.35. The van der Waals surface area contributed by atoms with Crippen LogP contribution in [0.1, 0.15) is 32.6 Å². The van der Waals surface area contributed by atoms with Crippen LogP contribution in [0.3, 0.4) is 0 Å². The summed E-state index contributed by atoms with van der Waals surface area (Å²) in [6.45, 7) is 3.43. The Morgan fingerprint density at radius 2 is 2.20 bits per heavy atom. The van der Waals surface area contributed by atoms with Crippen LogP contribution in [0.2, 0.25) is 0 Å². The molecule has 1 saturated carbocycles. The van der Waals surface area contributed by atoms with Crippen LogP contribution in [-0.2, 0) is 6.54 Å². The smallest absolute Gasteiger partial charge is 0.123 e. The summed E-state index contributed by atoms with van der Waals surface area (Å²) >= 11 is 0. The highest BCUT2D eigenvalue weighted by atomic mass is 15.0. The molecule has 0 aromatic carbocycles. The van der Waals surface area contributed by atoms with Gasteiger partial charge in [0.2, 0.25) is 0 Å². The summed E-state index contributed by atoms with van der Waals surface area (Å²) < 4.78 is 2.27. The lowest BCUT2D eigenvalue weighted by Gasteiger charge is -2.29. The Labute approximate surface area is 120 Å². The molecule has 2 unspecified atom stereocenters. The number of anilines is 1. The minimum absolute atomic E-state index is 0.557. The first-order valence-corrected chi connectivity index (χ1v) is 7.46. The van der Waals surface area contributed by atoms with E-state index in [1.807, 2.05) is 24.7 Å². The van der Waals surface area contributed by atoms with Crippen LogP contribution in [0.25, 0.3) is 11.3 Å². The molecule has 2 N–H and O–H groups in total. The molecule has 4 nitrogen and oxygen atoms in total. The number of rotatable bonds is 3. The van der Waals surface area contributed by atoms with Gasteiger partial charge in [0.1, 0.15) is 5.82 Å². The Kier molecular flexibility index (Phi) is 3.72. The fraction of sp³-hybridized carbons (Fsp3) is 0.500. The number of hydrogen-bond acceptors (Lipinski definition) is 3. The van der Waals surface area contributed by atoms with Gasteiger partial charge in [0, 0.05) is 18.3 Å². The molecule has 2 atom stereocenters. The molecule has 20 heavy (non-hydrogen) atoms. The number of aromatic nitrogens is 3. The van der Waals surface area contributed by atoms with Crippen LogP contribution in [0.15, 0.2) is 30.9 Å². The summed E-state index contributed by atoms with van der Waals surface area (Å²) in [5.74, 6) is 2.12. The van der Waals surface area contributed by atoms with Crippen LogP contribution in [0.4, 0.5) is 5.82 Å². The van der Waals surface area contributed by atoms with E-state index < -0.39 is 0 Å². The van der Waals surface area contributed by atoms with Gasteiger partial charge in [-0.25, -0.2) is 9.97 Å². The van der Waals surface area contributed by atoms with Crippen molar-refractivity contribution in [3.63, 3.8) is 0 Å². The highest BCUT2D eigenvalue weighted by molar-refractivity contribution is 5.61. The van der Waals surface area contributed by atoms with Crippen molar-refractivity contribution in [1.29, 1.82) is 0 Å². The van der Waals surface area contributed by atoms with Crippen molar-refractivity contribution < 1.29 is 0 Å². The second-order valence-electron chi connectivity index (χ2n) is 5.92. The van der Waals surface area contributed by atoms with Crippen molar-refractivity contribution in [2.24, 2.45) is 11.8 Å². The van der Waals surface area contributed by atoms with Gasteiger partial charge >= 0.3 is 0 Å². The zero-order valence-corrected chi connectivity index (χ0v) is 12.0. The van der Waals surface area contributed by atoms with Gasteiger partial charge in [-0.1, -0.05) is 26.2 Å². The second-order valence-corrected chi connectivity index (χ2v) is 5.92. The normalized spacial score (nSPS) is 22.9. The van der Waals surface area contributed by atoms with Crippen molar-refractivity contribution >= 4 is 5.82 Å². The van der Waals surface area contributed by atoms with E-state index in [1.165, 1.54) is 25.7 Å². The quantitative estimate of drug-likeness (QED) is 0.930. The van der Waals surface area contributed by atoms with E-state index in [2.05, 4.69) is 21.5 Å². The first-order chi connectivity index (χ1) is 9.74. The summed E-state index contributed by atoms with van der Waals surface area (Å²) in [7, 11) is 0. The fourth-order valence-electron chi connectivity index (χ4n) is 3.23. The molecule has 0 saturated heterocycles. The molecule has 1 aliphatic rings. The second kappa shape index (κ2) is 5.65. The molecule has 0 bridgehead atoms. The summed E-state index contributed by atoms with van der Waals surface area (Å²) in [5.41, 5.74) is 8.01. The zero-order chi connectivity index (χ0) is 13.9. The first-order valence-electron chi connectivity index (χ1n) is 7.46. The van der Waals surface area contributed by atoms with Crippen LogP contribution >= 0.6 is 0 Å². The molecule has 2 heterocycles. The summed E-state index contributed by atoms with van der Waals surface area (Å²) in [6, 6.07) is 3.91. The van der Waals surface area contributed by atoms with Gasteiger partial charge in [-0.2, -0.15) is 0 Å². The average molecular weight is 270 g/mol. The van der Waals surface area contributed by atoms with E-state index in [-0.39, 0.29) is 0 Å². The van der Waals surface area contributed by atoms with E-state index >= 15 is 0 Å². The number of nitrogens with two attached hydrogens (primary N) is 1. The highest BCUT2D eigenvalue weighted by Gasteiger charge is 2.22. The van der Waals surface area contributed by atoms with Gasteiger partial charge in [-0.05, 0) is 30.4 Å². The largest absolute Gasteiger partial charge is 0.384 e. The Morgan fingerprint density at radius 3 is 3.00 bits per heavy atom. The van der Waals surface area contributed by atoms with Crippen LogP contribution < -0.4 is 5.73 Å². The SMILES string of the molecule is CC1CCCCC1Cn1cncc1-c1ccnc(N)c1. The zero-order valence-electron chi connectivity index (χ0n) is 12.0. The molecule has 1 fully saturated rings. The number of nitrogen functional groups attached to an aromatic ring is 1. The minimum Gasteiger partial charge on any atom is -0.384 e. The Hall–Kier alpha value is -1.84. The Bertz CT molecular complexity index is 575. The van der Waals surface area contributed by atoms with Gasteiger partial charge in [-0.3, -0.25) is 0 Å². The summed E-state index contributed by atoms with van der Waals surface area (Å²) in [5, 5.41) is 0. The lowest BCUT2D eigenvalue weighted by Crippen LogP contribution is -2.22. The molecule has 106 valence electrons. The van der Waals surface area contributed by atoms with Gasteiger partial charge in [0.15, 0.2) is 0 Å². The molecular formula is C16H22N4. The maximum Gasteiger partial charge on any atom is 0.123 e. The van der Waals surface area contributed by atoms with E-state index in [4.69, 9.17) is 5.73 Å². The molecule has 0 spiro atoms. The van der Waals surface area contributed by atoms with Crippen molar-refractivity contribution in [2.45, 2.75) is 39.2 Å². The number of imidazole rings is 1. The van der Waals surface area contributed by atoms with Gasteiger partial charge < -0.3 is 10.3 Å². The van der Waals surface area contributed by atoms with E-state index in [0.717, 1.165) is 29.6 Å². The van der Waals surface area contributed by atoms with Crippen molar-refractivity contribution in [1.82, 2.24) is 14.5 Å². The lowest BCUT2D eigenvalue weighted by atomic mass is 9.80. The molecule has 2 aromatic heterocycles. The lowest BCUT2D eigenvalue weighted by molar-refractivity contribution is 0.229. The number of pyridine rings is 1. The molecule has 2 aromatic rings. The van der Waals surface area contributed by atoms with Crippen molar-refractivity contribution in [2.75, 3.05) is 5.73 Å². The monoisotopic (exact) mass is 270 g/mol. The maximum absolute atomic E-state index is 5.78. The Balaban J connectivity index is 1.83. The summed E-state index contributed by atoms with van der Waals surface area (Å²) in [6.07, 6.45) is 11.0. The van der Waals surface area contributed by atoms with Gasteiger partial charge in [-0.15, -0.1) is 0 Å². The van der Waals surface area contributed by atoms with Gasteiger partial charge in [0.05, 0.1) is 18.2 Å². The standard InChI is InChI=1S/C16H22N4/c1-12-4-2-3-5-14(12)10-20-11-18-9-15(20)13-6-7-19-16(17)8-13/h6-9,11-12,14H,2-5,10H2,1H3,(H2,17,19). The molecule has 4 heteroatoms. The maximum atomic E-state index is 5.78. The predicted molar refractivity (Wildman–Crippen MR) is 81.0 cm³/mol. The van der Waals surface area contributed by atoms with Gasteiger partial charge in [0.25, 0.3) is 0 Å². The highest BCUT2D eigenvalue weighted by Crippen LogP contribution is 2.32. The third kappa shape index (κ3) is 2.69. The van der Waals surface area contributed by atoms with Crippen molar-refractivity contribution in [3.05, 3.63) is 30.9 Å². The number of nitrogens with zero attached hydrogens (tertiary/aromatic N) is 3. The number of hydrogen-bond donors (Lipinski definition) is 1. The minimum atomic E-state index is 0.557. The van der Waals surface area contributed by atoms with E-state index in [1.54, 1.807) is 6.20 Å². The molecule has 0 aliphatic heterocycles. The third-order valence-electron chi connectivity index (χ3n) is 4.51. The van der Waals surface area contributed by atoms with Crippen LogP contribution in [-0.4, -0.2) is 14.5 Å². The Morgan fingerprint density at radius 1 is 1.35 bits per heavy atom. The molecule has 3 rings (SSSR count). The summed E-state index contributed by atoms with van der Waals surface area (Å²) in [4.78, 5) is 8.38.